The van der Waals surface area contributed by atoms with Crippen LogP contribution in [-0.2, 0) is 9.59 Å². The largest absolute Gasteiger partial charge is 0.352 e. The van der Waals surface area contributed by atoms with Crippen molar-refractivity contribution in [3.8, 4) is 0 Å². The van der Waals surface area contributed by atoms with E-state index in [1.807, 2.05) is 0 Å². The Balaban J connectivity index is 1.25. The Hall–Kier alpha value is -4.34. The van der Waals surface area contributed by atoms with Crippen molar-refractivity contribution in [2.45, 2.75) is 13.0 Å². The summed E-state index contributed by atoms with van der Waals surface area (Å²) in [6, 6.07) is 12.1. The van der Waals surface area contributed by atoms with Gasteiger partial charge < -0.3 is 10.6 Å². The third kappa shape index (κ3) is 4.10. The van der Waals surface area contributed by atoms with Gasteiger partial charge in [-0.25, -0.2) is 0 Å². The number of carbonyl (C=O) groups is 6. The molecule has 1 atom stereocenters. The fourth-order valence-corrected chi connectivity index (χ4v) is 3.75. The molecule has 10 nitrogen and oxygen atoms in total. The van der Waals surface area contributed by atoms with Crippen molar-refractivity contribution in [2.24, 2.45) is 0 Å². The van der Waals surface area contributed by atoms with E-state index < -0.39 is 54.6 Å². The minimum atomic E-state index is -0.564. The number of hydrogen-bond donors (Lipinski definition) is 2. The fraction of sp³-hybridized carbons (Fsp3) is 0.217. The highest BCUT2D eigenvalue weighted by Gasteiger charge is 2.37. The minimum Gasteiger partial charge on any atom is -0.352 e. The molecule has 2 heterocycles. The summed E-state index contributed by atoms with van der Waals surface area (Å²) in [5.41, 5.74) is 1.01. The molecule has 0 bridgehead atoms. The molecular weight excluding hydrogens is 428 g/mol. The molecule has 0 saturated heterocycles. The summed E-state index contributed by atoms with van der Waals surface area (Å²) in [6.07, 6.45) is 0. The van der Waals surface area contributed by atoms with Gasteiger partial charge in [-0.05, 0) is 31.2 Å². The van der Waals surface area contributed by atoms with Gasteiger partial charge in [0.1, 0.15) is 13.1 Å². The van der Waals surface area contributed by atoms with E-state index in [4.69, 9.17) is 0 Å². The predicted octanol–water partition coefficient (Wildman–Crippen LogP) is 0.200. The van der Waals surface area contributed by atoms with Gasteiger partial charge >= 0.3 is 0 Å². The topological polar surface area (TPSA) is 133 Å². The number of hydrogen-bond acceptors (Lipinski definition) is 6. The van der Waals surface area contributed by atoms with Crippen LogP contribution in [0.4, 0.5) is 0 Å². The molecule has 2 aromatic carbocycles. The Labute approximate surface area is 188 Å². The lowest BCUT2D eigenvalue weighted by molar-refractivity contribution is -0.123. The molecule has 0 aromatic heterocycles. The monoisotopic (exact) mass is 448 g/mol. The van der Waals surface area contributed by atoms with Gasteiger partial charge in [-0.1, -0.05) is 24.3 Å². The molecule has 4 rings (SSSR count). The Kier molecular flexibility index (Phi) is 5.74. The van der Waals surface area contributed by atoms with Crippen LogP contribution in [0, 0.1) is 0 Å². The number of rotatable bonds is 7. The number of fused-ring (bicyclic) bond motifs is 2. The maximum absolute atomic E-state index is 12.4. The first-order chi connectivity index (χ1) is 15.8. The smallest absolute Gasteiger partial charge is 0.262 e. The molecule has 10 heteroatoms. The van der Waals surface area contributed by atoms with Crippen LogP contribution in [0.2, 0.25) is 0 Å². The van der Waals surface area contributed by atoms with Crippen molar-refractivity contribution in [2.75, 3.05) is 19.6 Å². The van der Waals surface area contributed by atoms with Crippen LogP contribution >= 0.6 is 0 Å². The molecule has 0 spiro atoms. The highest BCUT2D eigenvalue weighted by molar-refractivity contribution is 6.23. The lowest BCUT2D eigenvalue weighted by atomic mass is 10.1. The van der Waals surface area contributed by atoms with Gasteiger partial charge in [-0.3, -0.25) is 38.6 Å². The lowest BCUT2D eigenvalue weighted by Gasteiger charge is -2.19. The quantitative estimate of drug-likeness (QED) is 0.582. The third-order valence-corrected chi connectivity index (χ3v) is 5.37. The summed E-state index contributed by atoms with van der Waals surface area (Å²) >= 11 is 0. The van der Waals surface area contributed by atoms with E-state index in [2.05, 4.69) is 10.6 Å². The highest BCUT2D eigenvalue weighted by atomic mass is 16.2. The van der Waals surface area contributed by atoms with E-state index in [0.717, 1.165) is 9.80 Å². The normalized spacial score (nSPS) is 15.4. The van der Waals surface area contributed by atoms with Crippen LogP contribution in [-0.4, -0.2) is 70.9 Å². The SMILES string of the molecule is CC(CNC(=O)CN1C(=O)c2ccccc2C1=O)NC(=O)CN1C(=O)c2ccccc2C1=O. The lowest BCUT2D eigenvalue weighted by Crippen LogP contribution is -2.48. The van der Waals surface area contributed by atoms with Crippen LogP contribution in [0.1, 0.15) is 48.4 Å². The summed E-state index contributed by atoms with van der Waals surface area (Å²) in [5.74, 6) is -3.26. The summed E-state index contributed by atoms with van der Waals surface area (Å²) in [5, 5.41) is 5.17. The second kappa shape index (κ2) is 8.65. The third-order valence-electron chi connectivity index (χ3n) is 5.37. The molecule has 0 aliphatic carbocycles. The van der Waals surface area contributed by atoms with Crippen LogP contribution < -0.4 is 10.6 Å². The zero-order valence-corrected chi connectivity index (χ0v) is 17.7. The molecule has 0 fully saturated rings. The number of benzene rings is 2. The van der Waals surface area contributed by atoms with E-state index >= 15 is 0 Å². The standard InChI is InChI=1S/C23H20N4O6/c1-13(25-19(29)12-27-22(32)16-8-4-5-9-17(16)23(27)33)10-24-18(28)11-26-20(30)14-6-2-3-7-15(14)21(26)31/h2-9,13H,10-12H2,1H3,(H,24,28)(H,25,29). The number of imide groups is 2. The molecular formula is C23H20N4O6. The first-order valence-corrected chi connectivity index (χ1v) is 10.2. The molecule has 2 N–H and O–H groups in total. The van der Waals surface area contributed by atoms with Gasteiger partial charge in [0, 0.05) is 12.6 Å². The van der Waals surface area contributed by atoms with Crippen molar-refractivity contribution in [3.63, 3.8) is 0 Å². The zero-order chi connectivity index (χ0) is 23.7. The van der Waals surface area contributed by atoms with Gasteiger partial charge in [0.05, 0.1) is 22.3 Å². The molecule has 0 radical (unpaired) electrons. The van der Waals surface area contributed by atoms with E-state index in [1.165, 1.54) is 24.3 Å². The number of nitrogens with one attached hydrogen (secondary N) is 2. The average Bonchev–Trinajstić information content (AvgIpc) is 3.19. The Morgan fingerprint density at radius 2 is 1.06 bits per heavy atom. The first kappa shape index (κ1) is 21.9. The maximum Gasteiger partial charge on any atom is 0.262 e. The van der Waals surface area contributed by atoms with Crippen LogP contribution in [0.3, 0.4) is 0 Å². The Morgan fingerprint density at radius 1 is 0.697 bits per heavy atom. The molecule has 2 aromatic rings. The van der Waals surface area contributed by atoms with E-state index in [1.54, 1.807) is 31.2 Å². The minimum absolute atomic E-state index is 0.0237. The summed E-state index contributed by atoms with van der Waals surface area (Å²) in [6.45, 7) is 0.764. The van der Waals surface area contributed by atoms with Crippen molar-refractivity contribution in [1.29, 1.82) is 0 Å². The second-order valence-electron chi connectivity index (χ2n) is 7.76. The number of carbonyl (C=O) groups excluding carboxylic acids is 6. The molecule has 33 heavy (non-hydrogen) atoms. The number of nitrogens with zero attached hydrogens (tertiary/aromatic N) is 2. The summed E-state index contributed by atoms with van der Waals surface area (Å²) in [7, 11) is 0. The van der Waals surface area contributed by atoms with Crippen molar-refractivity contribution < 1.29 is 28.8 Å². The summed E-state index contributed by atoms with van der Waals surface area (Å²) in [4.78, 5) is 75.7. The number of amides is 6. The van der Waals surface area contributed by atoms with Crippen LogP contribution in [0.5, 0.6) is 0 Å². The van der Waals surface area contributed by atoms with E-state index in [9.17, 15) is 28.8 Å². The maximum atomic E-state index is 12.4. The molecule has 6 amide bonds. The average molecular weight is 448 g/mol. The first-order valence-electron chi connectivity index (χ1n) is 10.2. The molecule has 168 valence electrons. The van der Waals surface area contributed by atoms with Gasteiger partial charge in [0.2, 0.25) is 11.8 Å². The van der Waals surface area contributed by atoms with Gasteiger partial charge in [0.25, 0.3) is 23.6 Å². The predicted molar refractivity (Wildman–Crippen MR) is 114 cm³/mol. The molecule has 2 aliphatic rings. The summed E-state index contributed by atoms with van der Waals surface area (Å²) < 4.78 is 0. The highest BCUT2D eigenvalue weighted by Crippen LogP contribution is 2.22. The van der Waals surface area contributed by atoms with Gasteiger partial charge in [-0.15, -0.1) is 0 Å². The Morgan fingerprint density at radius 3 is 1.45 bits per heavy atom. The second-order valence-corrected chi connectivity index (χ2v) is 7.76. The van der Waals surface area contributed by atoms with Gasteiger partial charge in [-0.2, -0.15) is 0 Å². The van der Waals surface area contributed by atoms with E-state index in [-0.39, 0.29) is 28.8 Å². The van der Waals surface area contributed by atoms with Crippen molar-refractivity contribution in [1.82, 2.24) is 20.4 Å². The van der Waals surface area contributed by atoms with Crippen LogP contribution in [0.25, 0.3) is 0 Å². The van der Waals surface area contributed by atoms with E-state index in [0.29, 0.717) is 0 Å². The van der Waals surface area contributed by atoms with Crippen LogP contribution in [0.15, 0.2) is 48.5 Å². The fourth-order valence-electron chi connectivity index (χ4n) is 3.75. The van der Waals surface area contributed by atoms with Crippen molar-refractivity contribution in [3.05, 3.63) is 70.8 Å². The molecule has 0 saturated carbocycles. The Bertz CT molecular complexity index is 1140. The molecule has 1 unspecified atom stereocenters. The van der Waals surface area contributed by atoms with Crippen molar-refractivity contribution >= 4 is 35.4 Å². The van der Waals surface area contributed by atoms with Gasteiger partial charge in [0.15, 0.2) is 0 Å². The molecule has 2 aliphatic heterocycles. The zero-order valence-electron chi connectivity index (χ0n) is 17.7.